The van der Waals surface area contributed by atoms with Gasteiger partial charge in [-0.05, 0) is 0 Å². The molecule has 0 saturated carbocycles. The van der Waals surface area contributed by atoms with Gasteiger partial charge in [-0.15, -0.1) is 0 Å². The van der Waals surface area contributed by atoms with Gasteiger partial charge in [-0.3, -0.25) is 0 Å². The van der Waals surface area contributed by atoms with Gasteiger partial charge in [0.1, 0.15) is 0 Å². The third kappa shape index (κ3) is 1.68. The van der Waals surface area contributed by atoms with Crippen molar-refractivity contribution in [1.82, 2.24) is 0 Å². The highest BCUT2D eigenvalue weighted by Crippen LogP contribution is 2.21. The molecule has 0 aliphatic carbocycles. The van der Waals surface area contributed by atoms with Crippen molar-refractivity contribution in [2.75, 3.05) is 7.11 Å². The van der Waals surface area contributed by atoms with Crippen molar-refractivity contribution in [3.63, 3.8) is 0 Å². The summed E-state index contributed by atoms with van der Waals surface area (Å²) >= 11 is 0. The van der Waals surface area contributed by atoms with Crippen molar-refractivity contribution in [3.05, 3.63) is 35.9 Å². The normalized spacial score (nSPS) is 14.9. The fourth-order valence-corrected chi connectivity index (χ4v) is 0.993. The van der Waals surface area contributed by atoms with E-state index in [2.05, 4.69) is 4.74 Å². The van der Waals surface area contributed by atoms with Crippen LogP contribution in [-0.2, 0) is 15.3 Å². The van der Waals surface area contributed by atoms with E-state index in [0.717, 1.165) is 7.11 Å². The van der Waals surface area contributed by atoms with Crippen LogP contribution in [0.5, 0.6) is 0 Å². The Bertz CT molecular complexity index is 296. The molecule has 0 aliphatic rings. The first kappa shape index (κ1) is 9.70. The van der Waals surface area contributed by atoms with E-state index in [0.29, 0.717) is 0 Å². The molecule has 0 heterocycles. The van der Waals surface area contributed by atoms with E-state index in [4.69, 9.17) is 5.11 Å². The van der Waals surface area contributed by atoms with Gasteiger partial charge in [-0.2, -0.15) is 0 Å². The highest BCUT2D eigenvalue weighted by atomic mass is 16.6. The summed E-state index contributed by atoms with van der Waals surface area (Å²) in [6.07, 6.45) is 0. The lowest BCUT2D eigenvalue weighted by molar-refractivity contribution is -0.219. The molecule has 0 aromatic heterocycles. The molecule has 4 heteroatoms. The van der Waals surface area contributed by atoms with Gasteiger partial charge in [-0.25, -0.2) is 4.79 Å². The van der Waals surface area contributed by atoms with Gasteiger partial charge >= 0.3 is 5.97 Å². The molecule has 2 N–H and O–H groups in total. The Kier molecular flexibility index (Phi) is 2.65. The molecule has 1 rings (SSSR count). The number of rotatable bonds is 3. The van der Waals surface area contributed by atoms with Gasteiger partial charge in [0.05, 0.1) is 0 Å². The zero-order chi connectivity index (χ0) is 9.90. The average Bonchev–Trinajstić information content (AvgIpc) is 2.17. The molecule has 0 saturated heterocycles. The number of carbonyl (C=O) groups is 1. The van der Waals surface area contributed by atoms with Crippen LogP contribution >= 0.6 is 0 Å². The second-order valence-corrected chi connectivity index (χ2v) is 2.52. The maximum atomic E-state index is 10.7. The first-order valence-electron chi connectivity index (χ1n) is 3.67. The number of benzene rings is 1. The number of ether oxygens (including phenoxy) is 1. The minimum Gasteiger partial charge on any atom is -0.477 e. The van der Waals surface area contributed by atoms with Gasteiger partial charge in [0, 0.05) is 12.7 Å². The van der Waals surface area contributed by atoms with E-state index in [1.165, 1.54) is 12.1 Å². The molecule has 0 fully saturated rings. The molecule has 0 radical (unpaired) electrons. The van der Waals surface area contributed by atoms with E-state index >= 15 is 0 Å². The Morgan fingerprint density at radius 3 is 2.31 bits per heavy atom. The molecule has 1 unspecified atom stereocenters. The van der Waals surface area contributed by atoms with Crippen LogP contribution in [0.1, 0.15) is 5.56 Å². The summed E-state index contributed by atoms with van der Waals surface area (Å²) in [5.74, 6) is -3.68. The Morgan fingerprint density at radius 1 is 1.38 bits per heavy atom. The molecular weight excluding hydrogens is 172 g/mol. The molecular formula is C9H10O4. The van der Waals surface area contributed by atoms with Crippen molar-refractivity contribution in [3.8, 4) is 0 Å². The number of hydrogen-bond acceptors (Lipinski definition) is 3. The first-order chi connectivity index (χ1) is 6.11. The van der Waals surface area contributed by atoms with Crippen LogP contribution in [0.2, 0.25) is 0 Å². The lowest BCUT2D eigenvalue weighted by Gasteiger charge is -2.21. The Hall–Kier alpha value is -1.39. The summed E-state index contributed by atoms with van der Waals surface area (Å²) in [7, 11) is 1.14. The van der Waals surface area contributed by atoms with Crippen molar-refractivity contribution in [1.29, 1.82) is 0 Å². The van der Waals surface area contributed by atoms with Crippen LogP contribution < -0.4 is 0 Å². The van der Waals surface area contributed by atoms with Gasteiger partial charge < -0.3 is 14.9 Å². The molecule has 4 nitrogen and oxygen atoms in total. The van der Waals surface area contributed by atoms with E-state index in [9.17, 15) is 9.90 Å². The van der Waals surface area contributed by atoms with Crippen LogP contribution in [0, 0.1) is 0 Å². The smallest absolute Gasteiger partial charge is 0.369 e. The molecule has 1 atom stereocenters. The molecule has 0 spiro atoms. The van der Waals surface area contributed by atoms with Crippen molar-refractivity contribution in [2.24, 2.45) is 0 Å². The fraction of sp³-hybridized carbons (Fsp3) is 0.222. The molecule has 1 aromatic rings. The van der Waals surface area contributed by atoms with Crippen LogP contribution in [0.25, 0.3) is 0 Å². The summed E-state index contributed by atoms with van der Waals surface area (Å²) in [6, 6.07) is 7.95. The molecule has 0 aliphatic heterocycles. The summed E-state index contributed by atoms with van der Waals surface area (Å²) in [5.41, 5.74) is 0.199. The third-order valence-electron chi connectivity index (χ3n) is 1.75. The molecule has 13 heavy (non-hydrogen) atoms. The predicted octanol–water partition coefficient (Wildman–Crippen LogP) is 0.563. The van der Waals surface area contributed by atoms with E-state index in [1.807, 2.05) is 0 Å². The summed E-state index contributed by atoms with van der Waals surface area (Å²) in [4.78, 5) is 10.7. The largest absolute Gasteiger partial charge is 0.477 e. The van der Waals surface area contributed by atoms with Gasteiger partial charge in [-0.1, -0.05) is 30.3 Å². The lowest BCUT2D eigenvalue weighted by Crippen LogP contribution is -2.37. The van der Waals surface area contributed by atoms with Crippen LogP contribution in [0.3, 0.4) is 0 Å². The topological polar surface area (TPSA) is 66.8 Å². The van der Waals surface area contributed by atoms with Crippen molar-refractivity contribution in [2.45, 2.75) is 5.79 Å². The maximum absolute atomic E-state index is 10.7. The summed E-state index contributed by atoms with van der Waals surface area (Å²) in [6.45, 7) is 0. The number of methoxy groups -OCH3 is 1. The summed E-state index contributed by atoms with van der Waals surface area (Å²) in [5, 5.41) is 18.3. The number of aliphatic carboxylic acids is 1. The second-order valence-electron chi connectivity index (χ2n) is 2.52. The number of carboxylic acids is 1. The molecule has 1 aromatic carbocycles. The molecule has 0 amide bonds. The van der Waals surface area contributed by atoms with Crippen LogP contribution in [0.4, 0.5) is 0 Å². The second kappa shape index (κ2) is 3.55. The first-order valence-corrected chi connectivity index (χ1v) is 3.67. The third-order valence-corrected chi connectivity index (χ3v) is 1.75. The van der Waals surface area contributed by atoms with Crippen molar-refractivity contribution < 1.29 is 19.7 Å². The number of carboxylic acid groups (broad SMARTS) is 1. The zero-order valence-electron chi connectivity index (χ0n) is 7.10. The standard InChI is InChI=1S/C9H10O4/c1-13-9(12,8(10)11)7-5-3-2-4-6-7/h2-6,12H,1H3,(H,10,11). The van der Waals surface area contributed by atoms with Crippen molar-refractivity contribution >= 4 is 5.97 Å². The maximum Gasteiger partial charge on any atom is 0.369 e. The highest BCUT2D eigenvalue weighted by molar-refractivity contribution is 5.77. The van der Waals surface area contributed by atoms with Gasteiger partial charge in [0.25, 0.3) is 5.79 Å². The average molecular weight is 182 g/mol. The van der Waals surface area contributed by atoms with Gasteiger partial charge in [0.2, 0.25) is 0 Å². The minimum atomic E-state index is -2.25. The van der Waals surface area contributed by atoms with E-state index in [-0.39, 0.29) is 5.56 Å². The monoisotopic (exact) mass is 182 g/mol. The Balaban J connectivity index is 3.11. The summed E-state index contributed by atoms with van der Waals surface area (Å²) < 4.78 is 4.54. The Morgan fingerprint density at radius 2 is 1.92 bits per heavy atom. The van der Waals surface area contributed by atoms with Crippen LogP contribution in [-0.4, -0.2) is 23.3 Å². The molecule has 70 valence electrons. The highest BCUT2D eigenvalue weighted by Gasteiger charge is 2.38. The van der Waals surface area contributed by atoms with E-state index in [1.54, 1.807) is 18.2 Å². The Labute approximate surface area is 75.4 Å². The van der Waals surface area contributed by atoms with Crippen LogP contribution in [0.15, 0.2) is 30.3 Å². The number of aliphatic hydroxyl groups is 1. The predicted molar refractivity (Wildman–Crippen MR) is 45.0 cm³/mol. The number of hydrogen-bond donors (Lipinski definition) is 2. The SMILES string of the molecule is COC(O)(C(=O)O)c1ccccc1. The lowest BCUT2D eigenvalue weighted by atomic mass is 10.1. The zero-order valence-corrected chi connectivity index (χ0v) is 7.10. The van der Waals surface area contributed by atoms with E-state index < -0.39 is 11.8 Å². The quantitative estimate of drug-likeness (QED) is 0.670. The fourth-order valence-electron chi connectivity index (χ4n) is 0.993. The minimum absolute atomic E-state index is 0.199. The molecule has 0 bridgehead atoms. The van der Waals surface area contributed by atoms with Gasteiger partial charge in [0.15, 0.2) is 0 Å².